The van der Waals surface area contributed by atoms with Crippen molar-refractivity contribution >= 4 is 10.9 Å². The molecule has 2 heterocycles. The number of nitrogens with zero attached hydrogens (tertiary/aromatic N) is 1. The summed E-state index contributed by atoms with van der Waals surface area (Å²) in [6, 6.07) is 6.64. The fraction of sp³-hybridized carbons (Fsp3) is 0.529. The van der Waals surface area contributed by atoms with E-state index in [1.807, 2.05) is 0 Å². The van der Waals surface area contributed by atoms with Crippen LogP contribution in [0.3, 0.4) is 0 Å². The van der Waals surface area contributed by atoms with Crippen LogP contribution in [0.5, 0.6) is 0 Å². The third kappa shape index (κ3) is 1.54. The zero-order chi connectivity index (χ0) is 13.7. The second-order valence-electron chi connectivity index (χ2n) is 6.43. The average molecular weight is 269 g/mol. The van der Waals surface area contributed by atoms with Gasteiger partial charge in [0.25, 0.3) is 0 Å². The van der Waals surface area contributed by atoms with Gasteiger partial charge in [0.15, 0.2) is 0 Å². The van der Waals surface area contributed by atoms with Gasteiger partial charge in [0.1, 0.15) is 0 Å². The van der Waals surface area contributed by atoms with Gasteiger partial charge >= 0.3 is 0 Å². The Kier molecular flexibility index (Phi) is 2.69. The molecule has 3 heteroatoms. The third-order valence-electron chi connectivity index (χ3n) is 5.28. The van der Waals surface area contributed by atoms with Crippen LogP contribution in [0, 0.1) is 0 Å². The molecule has 0 spiro atoms. The van der Waals surface area contributed by atoms with Crippen molar-refractivity contribution < 1.29 is 0 Å². The Hall–Kier alpha value is -1.32. The van der Waals surface area contributed by atoms with E-state index in [0.717, 1.165) is 19.5 Å². The lowest BCUT2D eigenvalue weighted by atomic mass is 9.71. The van der Waals surface area contributed by atoms with Crippen LogP contribution in [0.2, 0.25) is 0 Å². The molecule has 0 amide bonds. The Morgan fingerprint density at radius 1 is 1.45 bits per heavy atom. The number of hydrogen-bond donors (Lipinski definition) is 2. The largest absolute Gasteiger partial charge is 0.361 e. The number of H-pyrrole nitrogens is 1. The van der Waals surface area contributed by atoms with Gasteiger partial charge in [-0.15, -0.1) is 0 Å². The Bertz CT molecular complexity index is 643. The molecule has 1 aromatic carbocycles. The van der Waals surface area contributed by atoms with Gasteiger partial charge < -0.3 is 10.7 Å². The Morgan fingerprint density at radius 3 is 3.20 bits per heavy atom. The number of hydrogen-bond acceptors (Lipinski definition) is 2. The summed E-state index contributed by atoms with van der Waals surface area (Å²) in [6.07, 6.45) is 6.81. The summed E-state index contributed by atoms with van der Waals surface area (Å²) in [5, 5.41) is 1.44. The zero-order valence-corrected chi connectivity index (χ0v) is 12.2. The van der Waals surface area contributed by atoms with Crippen LogP contribution in [0.15, 0.2) is 24.4 Å². The topological polar surface area (TPSA) is 45.0 Å². The molecule has 20 heavy (non-hydrogen) atoms. The molecule has 3 nitrogen and oxygen atoms in total. The first-order valence-corrected chi connectivity index (χ1v) is 7.87. The van der Waals surface area contributed by atoms with Gasteiger partial charge in [-0.2, -0.15) is 0 Å². The van der Waals surface area contributed by atoms with Gasteiger partial charge in [0.2, 0.25) is 0 Å². The van der Waals surface area contributed by atoms with Crippen molar-refractivity contribution in [1.29, 1.82) is 0 Å². The number of nitrogens with two attached hydrogens (primary N) is 1. The van der Waals surface area contributed by atoms with Crippen LogP contribution >= 0.6 is 0 Å². The molecule has 1 fully saturated rings. The monoisotopic (exact) mass is 269 g/mol. The number of aromatic nitrogens is 1. The molecule has 3 N–H and O–H groups in total. The van der Waals surface area contributed by atoms with Gasteiger partial charge in [0.05, 0.1) is 5.66 Å². The van der Waals surface area contributed by atoms with Crippen LogP contribution < -0.4 is 5.73 Å². The predicted molar refractivity (Wildman–Crippen MR) is 82.8 cm³/mol. The standard InChI is InChI=1S/C17H23N3/c1-2-8-20-9-4-6-14-13-5-3-7-15-16(13)12(11-19-15)10-17(14,20)18/h3,5,7,11,14,19H,2,4,6,8-10,18H2,1H3/t14-,17-/m1/s1. The van der Waals surface area contributed by atoms with E-state index in [1.54, 1.807) is 0 Å². The van der Waals surface area contributed by atoms with Gasteiger partial charge in [-0.3, -0.25) is 4.90 Å². The molecule has 1 aromatic heterocycles. The second kappa shape index (κ2) is 4.34. The summed E-state index contributed by atoms with van der Waals surface area (Å²) in [5.74, 6) is 0.481. The zero-order valence-electron chi connectivity index (χ0n) is 12.2. The van der Waals surface area contributed by atoms with Gasteiger partial charge in [-0.1, -0.05) is 19.1 Å². The van der Waals surface area contributed by atoms with Crippen molar-refractivity contribution in [2.45, 2.75) is 44.2 Å². The minimum Gasteiger partial charge on any atom is -0.361 e. The van der Waals surface area contributed by atoms with Crippen LogP contribution in [0.4, 0.5) is 0 Å². The number of fused-ring (bicyclic) bond motifs is 2. The highest BCUT2D eigenvalue weighted by molar-refractivity contribution is 5.88. The molecular weight excluding hydrogens is 246 g/mol. The molecule has 106 valence electrons. The summed E-state index contributed by atoms with van der Waals surface area (Å²) in [6.45, 7) is 4.51. The molecule has 0 bridgehead atoms. The molecule has 1 aliphatic carbocycles. The summed E-state index contributed by atoms with van der Waals surface area (Å²) in [4.78, 5) is 5.96. The van der Waals surface area contributed by atoms with Gasteiger partial charge in [0, 0.05) is 29.4 Å². The van der Waals surface area contributed by atoms with Crippen molar-refractivity contribution in [2.24, 2.45) is 5.73 Å². The lowest BCUT2D eigenvalue weighted by Crippen LogP contribution is -2.64. The van der Waals surface area contributed by atoms with E-state index in [9.17, 15) is 0 Å². The van der Waals surface area contributed by atoms with Crippen LogP contribution in [-0.4, -0.2) is 28.6 Å². The Balaban J connectivity index is 1.88. The smallest absolute Gasteiger partial charge is 0.0799 e. The van der Waals surface area contributed by atoms with Gasteiger partial charge in [-0.25, -0.2) is 0 Å². The van der Waals surface area contributed by atoms with E-state index < -0.39 is 0 Å². The lowest BCUT2D eigenvalue weighted by molar-refractivity contribution is 0.0280. The van der Waals surface area contributed by atoms with Crippen LogP contribution in [-0.2, 0) is 6.42 Å². The SMILES string of the molecule is CCCN1CCC[C@@H]2c3cccc4[nH]cc(c34)C[C@]21N. The summed E-state index contributed by atoms with van der Waals surface area (Å²) < 4.78 is 0. The van der Waals surface area contributed by atoms with Gasteiger partial charge in [-0.05, 0) is 49.5 Å². The first-order valence-electron chi connectivity index (χ1n) is 7.87. The Labute approximate surface area is 120 Å². The Morgan fingerprint density at radius 2 is 2.35 bits per heavy atom. The maximum atomic E-state index is 6.96. The van der Waals surface area contributed by atoms with Crippen molar-refractivity contribution in [3.8, 4) is 0 Å². The van der Waals surface area contributed by atoms with Crippen molar-refractivity contribution in [3.05, 3.63) is 35.5 Å². The van der Waals surface area contributed by atoms with Crippen LogP contribution in [0.25, 0.3) is 10.9 Å². The van der Waals surface area contributed by atoms with Crippen molar-refractivity contribution in [3.63, 3.8) is 0 Å². The van der Waals surface area contributed by atoms with E-state index in [-0.39, 0.29) is 5.66 Å². The average Bonchev–Trinajstić information content (AvgIpc) is 2.85. The molecule has 0 radical (unpaired) electrons. The summed E-state index contributed by atoms with van der Waals surface area (Å²) in [7, 11) is 0. The van der Waals surface area contributed by atoms with Crippen LogP contribution in [0.1, 0.15) is 43.2 Å². The summed E-state index contributed by atoms with van der Waals surface area (Å²) in [5.41, 5.74) is 10.9. The second-order valence-corrected chi connectivity index (χ2v) is 6.43. The number of likely N-dealkylation sites (tertiary alicyclic amines) is 1. The highest BCUT2D eigenvalue weighted by atomic mass is 15.3. The van der Waals surface area contributed by atoms with E-state index in [2.05, 4.69) is 41.2 Å². The predicted octanol–water partition coefficient (Wildman–Crippen LogP) is 2.97. The lowest BCUT2D eigenvalue weighted by Gasteiger charge is -2.52. The molecule has 2 aromatic rings. The fourth-order valence-corrected chi connectivity index (χ4v) is 4.44. The van der Waals surface area contributed by atoms with E-state index >= 15 is 0 Å². The normalized spacial score (nSPS) is 29.6. The fourth-order valence-electron chi connectivity index (χ4n) is 4.44. The molecule has 0 saturated carbocycles. The molecular formula is C17H23N3. The van der Waals surface area contributed by atoms with E-state index in [4.69, 9.17) is 5.73 Å². The maximum absolute atomic E-state index is 6.96. The van der Waals surface area contributed by atoms with E-state index in [0.29, 0.717) is 5.92 Å². The quantitative estimate of drug-likeness (QED) is 0.880. The number of rotatable bonds is 2. The number of aromatic amines is 1. The minimum absolute atomic E-state index is 0.183. The molecule has 0 unspecified atom stereocenters. The van der Waals surface area contributed by atoms with Crippen molar-refractivity contribution in [2.75, 3.05) is 13.1 Å². The number of benzene rings is 1. The minimum atomic E-state index is -0.183. The van der Waals surface area contributed by atoms with Crippen molar-refractivity contribution in [1.82, 2.24) is 9.88 Å². The highest BCUT2D eigenvalue weighted by Crippen LogP contribution is 2.47. The number of piperidine rings is 1. The van der Waals surface area contributed by atoms with E-state index in [1.165, 1.54) is 41.3 Å². The summed E-state index contributed by atoms with van der Waals surface area (Å²) >= 11 is 0. The maximum Gasteiger partial charge on any atom is 0.0799 e. The molecule has 2 atom stereocenters. The molecule has 2 aliphatic rings. The highest BCUT2D eigenvalue weighted by Gasteiger charge is 2.46. The molecule has 4 rings (SSSR count). The third-order valence-corrected chi connectivity index (χ3v) is 5.28. The number of nitrogens with one attached hydrogen (secondary N) is 1. The molecule has 1 saturated heterocycles. The molecule has 1 aliphatic heterocycles. The first-order chi connectivity index (χ1) is 9.74. The first kappa shape index (κ1) is 12.4.